The van der Waals surface area contributed by atoms with E-state index in [0.29, 0.717) is 57.7 Å². The molecule has 0 spiro atoms. The number of nitrogens with zero attached hydrogens (tertiary/aromatic N) is 4. The summed E-state index contributed by atoms with van der Waals surface area (Å²) in [6.45, 7) is 3.61. The Balaban J connectivity index is 0.978. The number of hydrogen-bond donors (Lipinski definition) is 1. The fourth-order valence-electron chi connectivity index (χ4n) is 5.09. The van der Waals surface area contributed by atoms with Gasteiger partial charge < -0.3 is 10.2 Å². The predicted octanol–water partition coefficient (Wildman–Crippen LogP) is 4.55. The highest BCUT2D eigenvalue weighted by molar-refractivity contribution is 8.27. The molecule has 2 aromatic rings. The molecular formula is C35H35N5O4S4. The fraction of sp³-hybridized carbons (Fsp3) is 0.257. The van der Waals surface area contributed by atoms with E-state index in [2.05, 4.69) is 10.2 Å². The van der Waals surface area contributed by atoms with Gasteiger partial charge in [0.25, 0.3) is 11.8 Å². The third-order valence-electron chi connectivity index (χ3n) is 7.75. The molecule has 1 N–H and O–H groups in total. The number of benzene rings is 2. The Bertz CT molecular complexity index is 1670. The van der Waals surface area contributed by atoms with Crippen LogP contribution in [-0.2, 0) is 19.2 Å². The van der Waals surface area contributed by atoms with Gasteiger partial charge in [0.05, 0.1) is 9.81 Å². The number of nitrogens with one attached hydrogen (secondary N) is 1. The lowest BCUT2D eigenvalue weighted by atomic mass is 10.2. The van der Waals surface area contributed by atoms with Crippen LogP contribution in [0.15, 0.2) is 94.8 Å². The maximum absolute atomic E-state index is 13.0. The molecule has 0 radical (unpaired) electrons. The van der Waals surface area contributed by atoms with Gasteiger partial charge in [0.2, 0.25) is 11.8 Å². The number of allylic oxidation sites excluding steroid dienone is 4. The molecule has 3 saturated heterocycles. The van der Waals surface area contributed by atoms with Gasteiger partial charge in [-0.3, -0.25) is 33.9 Å². The molecule has 0 saturated carbocycles. The first-order chi connectivity index (χ1) is 23.3. The molecule has 3 aliphatic rings. The number of carbonyl (C=O) groups excluding carboxylic acids is 4. The molecule has 0 bridgehead atoms. The first-order valence-corrected chi connectivity index (χ1v) is 17.9. The molecule has 0 unspecified atom stereocenters. The normalized spacial score (nSPS) is 19.2. The molecule has 9 nitrogen and oxygen atoms in total. The van der Waals surface area contributed by atoms with Crippen LogP contribution in [0.25, 0.3) is 12.2 Å². The summed E-state index contributed by atoms with van der Waals surface area (Å²) in [5, 5.41) is 2.92. The Kier molecular flexibility index (Phi) is 12.9. The van der Waals surface area contributed by atoms with Crippen molar-refractivity contribution >= 4 is 92.4 Å². The van der Waals surface area contributed by atoms with Gasteiger partial charge in [0, 0.05) is 52.2 Å². The largest absolute Gasteiger partial charge is 0.355 e. The zero-order valence-corrected chi connectivity index (χ0v) is 29.4. The van der Waals surface area contributed by atoms with Crippen molar-refractivity contribution in [2.75, 3.05) is 52.4 Å². The molecule has 3 fully saturated rings. The average molecular weight is 718 g/mol. The number of carbonyl (C=O) groups is 4. The van der Waals surface area contributed by atoms with E-state index in [1.54, 1.807) is 17.1 Å². The van der Waals surface area contributed by atoms with Gasteiger partial charge in [0.15, 0.2) is 0 Å². The minimum absolute atomic E-state index is 0.0798. The highest BCUT2D eigenvalue weighted by Gasteiger charge is 2.35. The summed E-state index contributed by atoms with van der Waals surface area (Å²) >= 11 is 13.2. The van der Waals surface area contributed by atoms with Gasteiger partial charge in [0.1, 0.15) is 15.2 Å². The second kappa shape index (κ2) is 17.5. The Labute approximate surface area is 299 Å². The number of piperazine rings is 1. The maximum atomic E-state index is 13.0. The smallest absolute Gasteiger partial charge is 0.266 e. The molecule has 5 rings (SSSR count). The molecule has 3 heterocycles. The molecule has 4 amide bonds. The van der Waals surface area contributed by atoms with Crippen molar-refractivity contribution in [3.8, 4) is 0 Å². The van der Waals surface area contributed by atoms with Gasteiger partial charge >= 0.3 is 0 Å². The molecule has 248 valence electrons. The highest BCUT2D eigenvalue weighted by atomic mass is 32.2. The minimum atomic E-state index is -0.256. The second-order valence-electron chi connectivity index (χ2n) is 11.0. The molecule has 48 heavy (non-hydrogen) atoms. The Morgan fingerprint density at radius 2 is 1.25 bits per heavy atom. The lowest BCUT2D eigenvalue weighted by Crippen LogP contribution is -2.52. The summed E-state index contributed by atoms with van der Waals surface area (Å²) in [6, 6.07) is 19.6. The van der Waals surface area contributed by atoms with E-state index >= 15 is 0 Å². The Morgan fingerprint density at radius 3 is 1.81 bits per heavy atom. The van der Waals surface area contributed by atoms with E-state index in [0.717, 1.165) is 11.1 Å². The summed E-state index contributed by atoms with van der Waals surface area (Å²) < 4.78 is 0.826. The fourth-order valence-corrected chi connectivity index (χ4v) is 7.56. The molecule has 0 aromatic heterocycles. The van der Waals surface area contributed by atoms with E-state index in [-0.39, 0.29) is 43.1 Å². The van der Waals surface area contributed by atoms with Gasteiger partial charge in [-0.1, -0.05) is 133 Å². The number of thiocarbonyl (C=S) groups is 2. The number of thioether (sulfide) groups is 2. The van der Waals surface area contributed by atoms with Crippen LogP contribution in [0.5, 0.6) is 0 Å². The lowest BCUT2D eigenvalue weighted by Gasteiger charge is -2.35. The molecular weight excluding hydrogens is 683 g/mol. The van der Waals surface area contributed by atoms with Crippen LogP contribution in [0.2, 0.25) is 0 Å². The lowest BCUT2D eigenvalue weighted by molar-refractivity contribution is -0.136. The van der Waals surface area contributed by atoms with Crippen molar-refractivity contribution in [1.29, 1.82) is 0 Å². The summed E-state index contributed by atoms with van der Waals surface area (Å²) in [5.41, 5.74) is 2.06. The second-order valence-corrected chi connectivity index (χ2v) is 14.4. The van der Waals surface area contributed by atoms with Gasteiger partial charge in [-0.15, -0.1) is 0 Å². The zero-order valence-electron chi connectivity index (χ0n) is 26.2. The summed E-state index contributed by atoms with van der Waals surface area (Å²) in [6.07, 6.45) is 11.1. The van der Waals surface area contributed by atoms with Crippen molar-refractivity contribution in [2.24, 2.45) is 0 Å². The van der Waals surface area contributed by atoms with Crippen LogP contribution >= 0.6 is 48.0 Å². The zero-order chi connectivity index (χ0) is 33.9. The quantitative estimate of drug-likeness (QED) is 0.251. The maximum Gasteiger partial charge on any atom is 0.266 e. The predicted molar refractivity (Wildman–Crippen MR) is 202 cm³/mol. The van der Waals surface area contributed by atoms with E-state index in [4.69, 9.17) is 24.4 Å². The first-order valence-electron chi connectivity index (χ1n) is 15.5. The summed E-state index contributed by atoms with van der Waals surface area (Å²) in [4.78, 5) is 59.1. The highest BCUT2D eigenvalue weighted by Crippen LogP contribution is 2.32. The number of amides is 4. The van der Waals surface area contributed by atoms with E-state index in [1.807, 2.05) is 85.0 Å². The van der Waals surface area contributed by atoms with Gasteiger partial charge in [-0.25, -0.2) is 0 Å². The Morgan fingerprint density at radius 1 is 0.729 bits per heavy atom. The van der Waals surface area contributed by atoms with Crippen LogP contribution in [0.3, 0.4) is 0 Å². The number of hydrogen-bond acceptors (Lipinski definition) is 9. The van der Waals surface area contributed by atoms with E-state index in [1.165, 1.54) is 33.3 Å². The van der Waals surface area contributed by atoms with Gasteiger partial charge in [-0.2, -0.15) is 0 Å². The van der Waals surface area contributed by atoms with Crippen LogP contribution in [0, 0.1) is 0 Å². The topological polar surface area (TPSA) is 93.3 Å². The molecule has 2 aromatic carbocycles. The molecule has 13 heteroatoms. The van der Waals surface area contributed by atoms with Crippen molar-refractivity contribution in [1.82, 2.24) is 24.9 Å². The molecule has 0 atom stereocenters. The Hall–Kier alpha value is -3.88. The third-order valence-corrected chi connectivity index (χ3v) is 10.5. The standard InChI is InChI=1S/C35H35N5O4S4/c41-30(17-19-39-32(43)28(47-34(39)45)15-7-13-26-9-3-1-4-10-26)36-18-20-37-21-23-38(24-22-37)31(42)25-40-33(44)29(48-35(40)46)16-8-14-27-11-5-2-6-12-27/h1-16H,17-25H2,(H,36,41)/b13-7+,14-8+,28-15+,29-16-. The van der Waals surface area contributed by atoms with Crippen molar-refractivity contribution in [3.63, 3.8) is 0 Å². The SMILES string of the molecule is O=C(CCN1C(=O)/C(=C\C=C\c2ccccc2)SC1=S)NCCN1CCN(C(=O)CN2C(=O)/C(=C/C=C/c3ccccc3)SC2=S)CC1. The van der Waals surface area contributed by atoms with Crippen LogP contribution in [0.4, 0.5) is 0 Å². The van der Waals surface area contributed by atoms with Crippen LogP contribution < -0.4 is 5.32 Å². The summed E-state index contributed by atoms with van der Waals surface area (Å²) in [5.74, 6) is -0.740. The monoisotopic (exact) mass is 717 g/mol. The first kappa shape index (κ1) is 35.4. The summed E-state index contributed by atoms with van der Waals surface area (Å²) in [7, 11) is 0. The number of rotatable bonds is 12. The third kappa shape index (κ3) is 9.83. The van der Waals surface area contributed by atoms with E-state index < -0.39 is 0 Å². The molecule has 0 aliphatic carbocycles. The molecule has 3 aliphatic heterocycles. The van der Waals surface area contributed by atoms with Crippen LogP contribution in [-0.4, -0.2) is 104 Å². The van der Waals surface area contributed by atoms with Crippen molar-refractivity contribution in [2.45, 2.75) is 6.42 Å². The average Bonchev–Trinajstić information content (AvgIpc) is 3.52. The van der Waals surface area contributed by atoms with Crippen LogP contribution in [0.1, 0.15) is 17.5 Å². The van der Waals surface area contributed by atoms with Crippen molar-refractivity contribution < 1.29 is 19.2 Å². The minimum Gasteiger partial charge on any atom is -0.355 e. The van der Waals surface area contributed by atoms with Gasteiger partial charge in [-0.05, 0) is 23.3 Å². The van der Waals surface area contributed by atoms with E-state index in [9.17, 15) is 19.2 Å². The van der Waals surface area contributed by atoms with Crippen molar-refractivity contribution in [3.05, 3.63) is 106 Å².